The zero-order chi connectivity index (χ0) is 31.6. The normalized spacial score (nSPS) is 27.4. The second-order valence-corrected chi connectivity index (χ2v) is 14.0. The van der Waals surface area contributed by atoms with E-state index in [0.29, 0.717) is 0 Å². The molecule has 2 fully saturated rings. The molecule has 7 heteroatoms. The second-order valence-electron chi connectivity index (χ2n) is 14.0. The Labute approximate surface area is 268 Å². The minimum Gasteiger partial charge on any atom is -0.455 e. The molecule has 3 aliphatic rings. The molecule has 0 aromatic carbocycles. The number of aliphatic hydroxyl groups excluding tert-OH is 3. The van der Waals surface area contributed by atoms with Crippen LogP contribution in [0.2, 0.25) is 0 Å². The quantitative estimate of drug-likeness (QED) is 0.0703. The second kappa shape index (κ2) is 21.7. The van der Waals surface area contributed by atoms with Crippen molar-refractivity contribution in [3.63, 3.8) is 0 Å². The molecule has 0 aromatic heterocycles. The Balaban J connectivity index is 1.13. The number of hydrogen-bond acceptors (Lipinski definition) is 7. The lowest BCUT2D eigenvalue weighted by Gasteiger charge is -2.24. The van der Waals surface area contributed by atoms with Gasteiger partial charge in [-0.3, -0.25) is 0 Å². The number of carbonyl (C=O) groups excluding carboxylic acids is 1. The number of esters is 1. The minimum absolute atomic E-state index is 0.0274. The van der Waals surface area contributed by atoms with Crippen LogP contribution < -0.4 is 0 Å². The summed E-state index contributed by atoms with van der Waals surface area (Å²) in [5, 5.41) is 31.5. The molecule has 3 aliphatic heterocycles. The summed E-state index contributed by atoms with van der Waals surface area (Å²) in [5.74, 6) is -0.123. The van der Waals surface area contributed by atoms with Crippen LogP contribution in [0.5, 0.6) is 0 Å². The van der Waals surface area contributed by atoms with Crippen molar-refractivity contribution in [2.24, 2.45) is 0 Å². The van der Waals surface area contributed by atoms with Crippen LogP contribution in [0.25, 0.3) is 0 Å². The molecule has 0 unspecified atom stereocenters. The molecule has 44 heavy (non-hydrogen) atoms. The molecule has 0 aromatic rings. The van der Waals surface area contributed by atoms with Crippen LogP contribution in [0.4, 0.5) is 0 Å². The Morgan fingerprint density at radius 2 is 1.11 bits per heavy atom. The predicted octanol–water partition coefficient (Wildman–Crippen LogP) is 7.86. The lowest BCUT2D eigenvalue weighted by atomic mass is 10.00. The molecule has 8 atom stereocenters. The average Bonchev–Trinajstić information content (AvgIpc) is 3.76. The topological polar surface area (TPSA) is 105 Å². The molecule has 3 rings (SSSR count). The maximum absolute atomic E-state index is 11.6. The first kappa shape index (κ1) is 37.5. The molecule has 3 heterocycles. The minimum atomic E-state index is -0.447. The molecule has 0 amide bonds. The van der Waals surface area contributed by atoms with E-state index < -0.39 is 12.2 Å². The van der Waals surface area contributed by atoms with Gasteiger partial charge in [-0.25, -0.2) is 4.79 Å². The van der Waals surface area contributed by atoms with Gasteiger partial charge in [0.15, 0.2) is 0 Å². The fourth-order valence-corrected chi connectivity index (χ4v) is 7.27. The van der Waals surface area contributed by atoms with E-state index in [4.69, 9.17) is 14.2 Å². The highest BCUT2D eigenvalue weighted by Crippen LogP contribution is 2.34. The summed E-state index contributed by atoms with van der Waals surface area (Å²) >= 11 is 0. The zero-order valence-electron chi connectivity index (χ0n) is 28.1. The van der Waals surface area contributed by atoms with Gasteiger partial charge in [-0.1, -0.05) is 96.8 Å². The highest BCUT2D eigenvalue weighted by molar-refractivity contribution is 5.90. The van der Waals surface area contributed by atoms with Crippen molar-refractivity contribution in [2.75, 3.05) is 0 Å². The Morgan fingerprint density at radius 1 is 0.659 bits per heavy atom. The summed E-state index contributed by atoms with van der Waals surface area (Å²) in [7, 11) is 0. The van der Waals surface area contributed by atoms with E-state index >= 15 is 0 Å². The van der Waals surface area contributed by atoms with E-state index in [1.807, 2.05) is 13.0 Å². The number of aliphatic hydroxyl groups is 3. The van der Waals surface area contributed by atoms with Gasteiger partial charge in [0.1, 0.15) is 6.10 Å². The third-order valence-corrected chi connectivity index (χ3v) is 10.1. The lowest BCUT2D eigenvalue weighted by molar-refractivity contribution is -0.139. The number of carbonyl (C=O) groups is 1. The van der Waals surface area contributed by atoms with E-state index in [-0.39, 0.29) is 42.6 Å². The van der Waals surface area contributed by atoms with Gasteiger partial charge < -0.3 is 29.5 Å². The molecule has 7 nitrogen and oxygen atoms in total. The maximum Gasteiger partial charge on any atom is 0.334 e. The monoisotopic (exact) mass is 622 g/mol. The van der Waals surface area contributed by atoms with E-state index in [0.717, 1.165) is 95.5 Å². The third kappa shape index (κ3) is 14.2. The smallest absolute Gasteiger partial charge is 0.334 e. The first-order chi connectivity index (χ1) is 21.4. The van der Waals surface area contributed by atoms with Crippen LogP contribution >= 0.6 is 0 Å². The third-order valence-electron chi connectivity index (χ3n) is 10.1. The van der Waals surface area contributed by atoms with Crippen LogP contribution in [0.3, 0.4) is 0 Å². The van der Waals surface area contributed by atoms with Crippen LogP contribution in [-0.2, 0) is 19.0 Å². The fraction of sp³-hybridized carbons (Fsp3) is 0.919. The van der Waals surface area contributed by atoms with E-state index in [1.165, 1.54) is 64.2 Å². The fourth-order valence-electron chi connectivity index (χ4n) is 7.27. The Bertz CT molecular complexity index is 801. The van der Waals surface area contributed by atoms with Gasteiger partial charge in [-0.15, -0.1) is 0 Å². The van der Waals surface area contributed by atoms with Crippen LogP contribution in [-0.4, -0.2) is 70.1 Å². The first-order valence-electron chi connectivity index (χ1n) is 18.6. The van der Waals surface area contributed by atoms with Crippen LogP contribution in [0.15, 0.2) is 11.6 Å². The van der Waals surface area contributed by atoms with Crippen molar-refractivity contribution >= 4 is 5.97 Å². The summed E-state index contributed by atoms with van der Waals surface area (Å²) in [4.78, 5) is 11.6. The van der Waals surface area contributed by atoms with Crippen molar-refractivity contribution in [1.82, 2.24) is 0 Å². The molecular weight excluding hydrogens is 556 g/mol. The number of hydrogen-bond donors (Lipinski definition) is 3. The van der Waals surface area contributed by atoms with Gasteiger partial charge in [-0.2, -0.15) is 0 Å². The summed E-state index contributed by atoms with van der Waals surface area (Å²) in [6.07, 6.45) is 25.8. The van der Waals surface area contributed by atoms with Gasteiger partial charge >= 0.3 is 5.97 Å². The molecule has 0 bridgehead atoms. The van der Waals surface area contributed by atoms with Crippen LogP contribution in [0.1, 0.15) is 168 Å². The summed E-state index contributed by atoms with van der Waals surface area (Å²) in [6, 6.07) is 0. The van der Waals surface area contributed by atoms with Gasteiger partial charge in [-0.05, 0) is 77.2 Å². The molecule has 0 spiro atoms. The van der Waals surface area contributed by atoms with Crippen LogP contribution in [0, 0.1) is 0 Å². The molecule has 256 valence electrons. The number of rotatable bonds is 25. The standard InChI is InChI=1S/C37H66O7/c1-3-4-13-19-30(38)20-16-17-22-32(40)34-24-26-36(44-34)35-25-23-33(43-35)31(39)21-15-12-10-8-6-5-7-9-11-14-18-29-27-28(2)42-37(29)41/h27-28,30-36,38-40H,3-26H2,1-2H3/t28-,30+,31-,32-,33-,34-,35-,36-/m1/s1. The Kier molecular flexibility index (Phi) is 18.5. The van der Waals surface area contributed by atoms with E-state index in [2.05, 4.69) is 6.92 Å². The number of ether oxygens (including phenoxy) is 3. The summed E-state index contributed by atoms with van der Waals surface area (Å²) in [5.41, 5.74) is 0.863. The Morgan fingerprint density at radius 3 is 1.61 bits per heavy atom. The highest BCUT2D eigenvalue weighted by atomic mass is 16.6. The molecular formula is C37H66O7. The van der Waals surface area contributed by atoms with E-state index in [1.54, 1.807) is 0 Å². The molecule has 0 saturated carbocycles. The van der Waals surface area contributed by atoms with Crippen molar-refractivity contribution in [3.8, 4) is 0 Å². The van der Waals surface area contributed by atoms with Crippen molar-refractivity contribution in [3.05, 3.63) is 11.6 Å². The Hall–Kier alpha value is -0.990. The van der Waals surface area contributed by atoms with Crippen molar-refractivity contribution in [1.29, 1.82) is 0 Å². The maximum atomic E-state index is 11.6. The van der Waals surface area contributed by atoms with Crippen molar-refractivity contribution < 1.29 is 34.3 Å². The first-order valence-corrected chi connectivity index (χ1v) is 18.6. The predicted molar refractivity (Wildman–Crippen MR) is 175 cm³/mol. The van der Waals surface area contributed by atoms with E-state index in [9.17, 15) is 20.1 Å². The molecule has 0 aliphatic carbocycles. The zero-order valence-corrected chi connectivity index (χ0v) is 28.1. The summed E-state index contributed by atoms with van der Waals surface area (Å²) < 4.78 is 17.7. The SMILES string of the molecule is CCCCC[C@H](O)CCCC[C@@H](O)[C@H]1CC[C@H]([C@H]2CC[C@H]([C@H](O)CCCCCCCCCCCCC3=C[C@@H](C)OC3=O)O2)O1. The van der Waals surface area contributed by atoms with Gasteiger partial charge in [0.25, 0.3) is 0 Å². The number of cyclic esters (lactones) is 1. The summed E-state index contributed by atoms with van der Waals surface area (Å²) in [6.45, 7) is 4.09. The molecule has 2 saturated heterocycles. The van der Waals surface area contributed by atoms with Gasteiger partial charge in [0, 0.05) is 5.57 Å². The largest absolute Gasteiger partial charge is 0.455 e. The van der Waals surface area contributed by atoms with Gasteiger partial charge in [0.05, 0.1) is 42.7 Å². The number of unbranched alkanes of at least 4 members (excludes halogenated alkanes) is 12. The highest BCUT2D eigenvalue weighted by Gasteiger charge is 2.40. The van der Waals surface area contributed by atoms with Gasteiger partial charge in [0.2, 0.25) is 0 Å². The molecule has 0 radical (unpaired) electrons. The lowest BCUT2D eigenvalue weighted by Crippen LogP contribution is -2.33. The van der Waals surface area contributed by atoms with Crippen molar-refractivity contribution in [2.45, 2.75) is 217 Å². The average molecular weight is 623 g/mol. The molecule has 3 N–H and O–H groups in total.